The highest BCUT2D eigenvalue weighted by Gasteiger charge is 2.44. The molecule has 3 aliphatic rings. The maximum Gasteiger partial charge on any atom is 0.258 e. The van der Waals surface area contributed by atoms with Crippen molar-refractivity contribution in [2.75, 3.05) is 59.2 Å². The number of benzene rings is 1. The average Bonchev–Trinajstić information content (AvgIpc) is 3.66. The molecule has 1 amide bonds. The highest BCUT2D eigenvalue weighted by molar-refractivity contribution is 7.93. The number of carbonyl (C=O) groups excluding carboxylic acids is 1. The molecule has 212 valence electrons. The van der Waals surface area contributed by atoms with Gasteiger partial charge in [-0.1, -0.05) is 0 Å². The normalized spacial score (nSPS) is 21.5. The Morgan fingerprint density at radius 1 is 1.15 bits per heavy atom. The molecule has 1 aliphatic carbocycles. The predicted octanol–water partition coefficient (Wildman–Crippen LogP) is 3.37. The fraction of sp³-hybridized carbons (Fsp3) is 0.571. The Morgan fingerprint density at radius 2 is 1.90 bits per heavy atom. The van der Waals surface area contributed by atoms with E-state index in [0.29, 0.717) is 34.8 Å². The first kappa shape index (κ1) is 27.7. The zero-order valence-corrected chi connectivity index (χ0v) is 23.8. The molecule has 1 aromatic carbocycles. The summed E-state index contributed by atoms with van der Waals surface area (Å²) in [6.07, 6.45) is 4.75. The first-order valence-corrected chi connectivity index (χ1v) is 15.3. The number of piperidine rings is 1. The number of anilines is 4. The first-order chi connectivity index (χ1) is 18.6. The van der Waals surface area contributed by atoms with Gasteiger partial charge in [-0.3, -0.25) is 9.52 Å². The van der Waals surface area contributed by atoms with Gasteiger partial charge in [0, 0.05) is 26.2 Å². The summed E-state index contributed by atoms with van der Waals surface area (Å²) in [5.41, 5.74) is 2.96. The van der Waals surface area contributed by atoms with Crippen LogP contribution in [0.3, 0.4) is 0 Å². The van der Waals surface area contributed by atoms with Crippen LogP contribution in [0.25, 0.3) is 0 Å². The lowest BCUT2D eigenvalue weighted by molar-refractivity contribution is 0.0529. The van der Waals surface area contributed by atoms with Crippen molar-refractivity contribution in [1.29, 1.82) is 0 Å². The van der Waals surface area contributed by atoms with Gasteiger partial charge < -0.3 is 25.0 Å². The van der Waals surface area contributed by atoms with E-state index < -0.39 is 21.9 Å². The summed E-state index contributed by atoms with van der Waals surface area (Å²) in [5, 5.41) is 11.4. The summed E-state index contributed by atoms with van der Waals surface area (Å²) in [7, 11) is -3.77. The Kier molecular flexibility index (Phi) is 7.76. The Hall–Kier alpha value is -2.89. The van der Waals surface area contributed by atoms with Crippen molar-refractivity contribution in [2.24, 2.45) is 5.41 Å². The number of hydrogen-bond acceptors (Lipinski definition) is 8. The second-order valence-electron chi connectivity index (χ2n) is 11.3. The molecule has 11 heteroatoms. The van der Waals surface area contributed by atoms with Crippen LogP contribution in [-0.2, 0) is 14.8 Å². The quantitative estimate of drug-likeness (QED) is 0.451. The van der Waals surface area contributed by atoms with Gasteiger partial charge in [0.2, 0.25) is 10.0 Å². The SMILES string of the molecule is Cc1cc(NC(=O)c2ccc(NS(=O)(=O)[C@H](C)CO)cc2N2CCC3(CC2)CC3)nc(N2CCO[C@H](C)C2)c1. The maximum atomic E-state index is 13.6. The lowest BCUT2D eigenvalue weighted by Gasteiger charge is -2.35. The van der Waals surface area contributed by atoms with Crippen LogP contribution >= 0.6 is 0 Å². The van der Waals surface area contributed by atoms with E-state index in [1.807, 2.05) is 26.0 Å². The number of ether oxygens (including phenoxy) is 1. The highest BCUT2D eigenvalue weighted by Crippen LogP contribution is 2.54. The van der Waals surface area contributed by atoms with E-state index in [4.69, 9.17) is 9.72 Å². The van der Waals surface area contributed by atoms with E-state index in [0.717, 1.165) is 50.4 Å². The Balaban J connectivity index is 1.41. The molecule has 3 N–H and O–H groups in total. The number of morpholine rings is 1. The lowest BCUT2D eigenvalue weighted by atomic mass is 9.93. The summed E-state index contributed by atoms with van der Waals surface area (Å²) < 4.78 is 33.4. The molecule has 2 aromatic rings. The second kappa shape index (κ2) is 10.9. The number of nitrogens with zero attached hydrogens (tertiary/aromatic N) is 3. The van der Waals surface area contributed by atoms with Crippen molar-refractivity contribution in [3.63, 3.8) is 0 Å². The summed E-state index contributed by atoms with van der Waals surface area (Å²) in [5.74, 6) is 0.973. The standard InChI is InChI=1S/C28H39N5O5S/c1-19-14-25(29-26(15-19)33-12-13-38-20(2)17-33)30-27(35)23-5-4-22(31-39(36,37)21(3)18-34)16-24(23)32-10-8-28(6-7-28)9-11-32/h4-5,14-16,20-21,31,34H,6-13,17-18H2,1-3H3,(H,29,30,35)/t20-,21-/m1/s1. The number of rotatable bonds is 8. The highest BCUT2D eigenvalue weighted by atomic mass is 32.2. The minimum absolute atomic E-state index is 0.109. The number of aryl methyl sites for hydroxylation is 1. The van der Waals surface area contributed by atoms with Crippen LogP contribution in [-0.4, -0.2) is 75.2 Å². The minimum atomic E-state index is -3.77. The monoisotopic (exact) mass is 557 g/mol. The number of pyridine rings is 1. The molecule has 2 aliphatic heterocycles. The van der Waals surface area contributed by atoms with E-state index in [-0.39, 0.29) is 12.0 Å². The maximum absolute atomic E-state index is 13.6. The third kappa shape index (κ3) is 6.31. The van der Waals surface area contributed by atoms with E-state index in [1.54, 1.807) is 18.2 Å². The van der Waals surface area contributed by atoms with Crippen molar-refractivity contribution < 1.29 is 23.1 Å². The van der Waals surface area contributed by atoms with Gasteiger partial charge in [0.25, 0.3) is 5.91 Å². The molecule has 0 bridgehead atoms. The molecule has 39 heavy (non-hydrogen) atoms. The molecule has 0 radical (unpaired) electrons. The number of sulfonamides is 1. The molecule has 0 unspecified atom stereocenters. The molecule has 3 heterocycles. The Bertz CT molecular complexity index is 1320. The van der Waals surface area contributed by atoms with E-state index in [1.165, 1.54) is 19.8 Å². The second-order valence-corrected chi connectivity index (χ2v) is 13.4. The third-order valence-corrected chi connectivity index (χ3v) is 9.90. The molecule has 2 atom stereocenters. The van der Waals surface area contributed by atoms with Crippen LogP contribution in [0, 0.1) is 12.3 Å². The number of aliphatic hydroxyl groups is 1. The number of carbonyl (C=O) groups is 1. The van der Waals surface area contributed by atoms with Crippen LogP contribution in [0.5, 0.6) is 0 Å². The Labute approximate surface area is 230 Å². The van der Waals surface area contributed by atoms with Crippen LogP contribution in [0.2, 0.25) is 0 Å². The van der Waals surface area contributed by atoms with Crippen LogP contribution in [0.4, 0.5) is 23.0 Å². The van der Waals surface area contributed by atoms with Gasteiger partial charge in [-0.15, -0.1) is 0 Å². The number of aliphatic hydroxyl groups excluding tert-OH is 1. The van der Waals surface area contributed by atoms with Crippen molar-refractivity contribution in [1.82, 2.24) is 4.98 Å². The number of nitrogens with one attached hydrogen (secondary N) is 2. The summed E-state index contributed by atoms with van der Waals surface area (Å²) in [6, 6.07) is 8.84. The third-order valence-electron chi connectivity index (χ3n) is 8.17. The summed E-state index contributed by atoms with van der Waals surface area (Å²) in [4.78, 5) is 22.7. The van der Waals surface area contributed by atoms with Gasteiger partial charge in [0.1, 0.15) is 16.9 Å². The van der Waals surface area contributed by atoms with Crippen molar-refractivity contribution >= 4 is 38.9 Å². The summed E-state index contributed by atoms with van der Waals surface area (Å²) in [6.45, 7) is 8.70. The lowest BCUT2D eigenvalue weighted by Crippen LogP contribution is -2.41. The molecular weight excluding hydrogens is 518 g/mol. The largest absolute Gasteiger partial charge is 0.395 e. The molecule has 1 saturated carbocycles. The van der Waals surface area contributed by atoms with E-state index in [9.17, 15) is 18.3 Å². The smallest absolute Gasteiger partial charge is 0.258 e. The van der Waals surface area contributed by atoms with Gasteiger partial charge >= 0.3 is 0 Å². The van der Waals surface area contributed by atoms with Crippen molar-refractivity contribution in [3.8, 4) is 0 Å². The zero-order valence-electron chi connectivity index (χ0n) is 22.9. The number of aromatic nitrogens is 1. The average molecular weight is 558 g/mol. The van der Waals surface area contributed by atoms with Crippen molar-refractivity contribution in [2.45, 2.75) is 57.8 Å². The van der Waals surface area contributed by atoms with E-state index >= 15 is 0 Å². The van der Waals surface area contributed by atoms with Gasteiger partial charge in [-0.05, 0) is 87.8 Å². The fourth-order valence-corrected chi connectivity index (χ4v) is 6.25. The molecule has 5 rings (SSSR count). The molecule has 1 aromatic heterocycles. The molecule has 2 saturated heterocycles. The number of amides is 1. The molecular formula is C28H39N5O5S. The molecule has 3 fully saturated rings. The van der Waals surface area contributed by atoms with Crippen molar-refractivity contribution in [3.05, 3.63) is 41.5 Å². The van der Waals surface area contributed by atoms with Crippen LogP contribution < -0.4 is 19.8 Å². The van der Waals surface area contributed by atoms with Gasteiger partial charge in [0.15, 0.2) is 0 Å². The van der Waals surface area contributed by atoms with Crippen LogP contribution in [0.1, 0.15) is 55.5 Å². The van der Waals surface area contributed by atoms with Gasteiger partial charge in [-0.2, -0.15) is 0 Å². The zero-order chi connectivity index (χ0) is 27.8. The minimum Gasteiger partial charge on any atom is -0.395 e. The first-order valence-electron chi connectivity index (χ1n) is 13.8. The van der Waals surface area contributed by atoms with Gasteiger partial charge in [0.05, 0.1) is 36.3 Å². The topological polar surface area (TPSA) is 124 Å². The van der Waals surface area contributed by atoms with E-state index in [2.05, 4.69) is 19.8 Å². The van der Waals surface area contributed by atoms with Crippen LogP contribution in [0.15, 0.2) is 30.3 Å². The molecule has 1 spiro atoms. The summed E-state index contributed by atoms with van der Waals surface area (Å²) >= 11 is 0. The predicted molar refractivity (Wildman–Crippen MR) is 153 cm³/mol. The molecule has 10 nitrogen and oxygen atoms in total. The van der Waals surface area contributed by atoms with Gasteiger partial charge in [-0.25, -0.2) is 13.4 Å². The fourth-order valence-electron chi connectivity index (χ4n) is 5.40. The Morgan fingerprint density at radius 3 is 2.56 bits per heavy atom. The number of hydrogen-bond donors (Lipinski definition) is 3.